The van der Waals surface area contributed by atoms with Crippen molar-refractivity contribution in [2.75, 3.05) is 0 Å². The van der Waals surface area contributed by atoms with Gasteiger partial charge in [0, 0.05) is 17.2 Å². The molecule has 2 aliphatic carbocycles. The third-order valence-electron chi connectivity index (χ3n) is 5.49. The van der Waals surface area contributed by atoms with Gasteiger partial charge < -0.3 is 4.74 Å². The first-order valence-corrected chi connectivity index (χ1v) is 9.08. The van der Waals surface area contributed by atoms with Gasteiger partial charge in [-0.25, -0.2) is 0 Å². The highest BCUT2D eigenvalue weighted by Crippen LogP contribution is 2.55. The van der Waals surface area contributed by atoms with Crippen LogP contribution in [0.1, 0.15) is 63.9 Å². The second-order valence-electron chi connectivity index (χ2n) is 6.85. The molecular weight excluding hydrogens is 280 g/mol. The minimum atomic E-state index is 0.265. The van der Waals surface area contributed by atoms with Crippen molar-refractivity contribution in [1.82, 2.24) is 0 Å². The maximum absolute atomic E-state index is 6.55. The van der Waals surface area contributed by atoms with Gasteiger partial charge in [0.1, 0.15) is 11.9 Å². The van der Waals surface area contributed by atoms with Crippen LogP contribution in [0.3, 0.4) is 0 Å². The summed E-state index contributed by atoms with van der Waals surface area (Å²) < 4.78 is 6.29. The SMILES string of the molecule is CCCCc1ccc(OC2CC(Cl)C23CCCCC3)cc1. The molecule has 1 nitrogen and oxygen atoms in total. The Hall–Kier alpha value is -0.690. The Balaban J connectivity index is 1.61. The van der Waals surface area contributed by atoms with Crippen LogP contribution in [-0.2, 0) is 6.42 Å². The molecule has 0 saturated heterocycles. The van der Waals surface area contributed by atoms with Gasteiger partial charge in [-0.05, 0) is 43.4 Å². The summed E-state index contributed by atoms with van der Waals surface area (Å²) in [5.41, 5.74) is 1.68. The number of halogens is 1. The number of benzene rings is 1. The molecule has 2 atom stereocenters. The number of ether oxygens (including phenoxy) is 1. The molecule has 21 heavy (non-hydrogen) atoms. The molecule has 1 aromatic carbocycles. The van der Waals surface area contributed by atoms with Gasteiger partial charge in [-0.15, -0.1) is 11.6 Å². The van der Waals surface area contributed by atoms with Gasteiger partial charge in [-0.1, -0.05) is 44.7 Å². The summed E-state index contributed by atoms with van der Waals surface area (Å²) >= 11 is 6.55. The zero-order valence-electron chi connectivity index (χ0n) is 13.1. The normalized spacial score (nSPS) is 27.3. The first-order valence-electron chi connectivity index (χ1n) is 8.64. The molecular formula is C19H27ClO. The molecule has 0 N–H and O–H groups in total. The third kappa shape index (κ3) is 3.08. The fraction of sp³-hybridized carbons (Fsp3) is 0.684. The molecule has 0 amide bonds. The lowest BCUT2D eigenvalue weighted by molar-refractivity contribution is -0.0650. The van der Waals surface area contributed by atoms with E-state index in [9.17, 15) is 0 Å². The van der Waals surface area contributed by atoms with Crippen LogP contribution in [0, 0.1) is 5.41 Å². The standard InChI is InChI=1S/C19H27ClO/c1-2-3-7-15-8-10-16(11-9-15)21-18-14-17(20)19(18)12-5-4-6-13-19/h8-11,17-18H,2-7,12-14H2,1H3. The highest BCUT2D eigenvalue weighted by molar-refractivity contribution is 6.21. The minimum absolute atomic E-state index is 0.265. The topological polar surface area (TPSA) is 9.23 Å². The summed E-state index contributed by atoms with van der Waals surface area (Å²) in [7, 11) is 0. The zero-order valence-corrected chi connectivity index (χ0v) is 13.9. The average molecular weight is 307 g/mol. The van der Waals surface area contributed by atoms with Crippen molar-refractivity contribution in [3.8, 4) is 5.75 Å². The molecule has 2 unspecified atom stereocenters. The van der Waals surface area contributed by atoms with Crippen molar-refractivity contribution in [2.45, 2.75) is 76.2 Å². The third-order valence-corrected chi connectivity index (χ3v) is 6.10. The molecule has 0 heterocycles. The molecule has 0 radical (unpaired) electrons. The fourth-order valence-corrected chi connectivity index (χ4v) is 4.51. The van der Waals surface area contributed by atoms with Gasteiger partial charge in [-0.2, -0.15) is 0 Å². The van der Waals surface area contributed by atoms with E-state index in [0.717, 1.165) is 12.2 Å². The van der Waals surface area contributed by atoms with Gasteiger partial charge in [0.2, 0.25) is 0 Å². The quantitative estimate of drug-likeness (QED) is 0.630. The Kier molecular flexibility index (Phi) is 4.78. The monoisotopic (exact) mass is 306 g/mol. The van der Waals surface area contributed by atoms with Crippen molar-refractivity contribution in [2.24, 2.45) is 5.41 Å². The highest BCUT2D eigenvalue weighted by atomic mass is 35.5. The first kappa shape index (κ1) is 15.2. The Morgan fingerprint density at radius 2 is 1.86 bits per heavy atom. The maximum Gasteiger partial charge on any atom is 0.119 e. The van der Waals surface area contributed by atoms with E-state index in [1.54, 1.807) is 0 Å². The Bertz CT molecular complexity index is 447. The number of hydrogen-bond acceptors (Lipinski definition) is 1. The summed E-state index contributed by atoms with van der Waals surface area (Å²) in [6.07, 6.45) is 11.5. The van der Waals surface area contributed by atoms with Gasteiger partial charge in [0.15, 0.2) is 0 Å². The predicted octanol–water partition coefficient (Wildman–Crippen LogP) is 5.74. The Morgan fingerprint density at radius 3 is 2.48 bits per heavy atom. The van der Waals surface area contributed by atoms with Crippen molar-refractivity contribution < 1.29 is 4.74 Å². The van der Waals surface area contributed by atoms with E-state index in [-0.39, 0.29) is 5.41 Å². The van der Waals surface area contributed by atoms with Crippen LogP contribution in [0.5, 0.6) is 5.75 Å². The smallest absolute Gasteiger partial charge is 0.119 e. The van der Waals surface area contributed by atoms with Crippen LogP contribution in [0.25, 0.3) is 0 Å². The molecule has 2 fully saturated rings. The number of unbranched alkanes of at least 4 members (excludes halogenated alkanes) is 1. The number of rotatable bonds is 5. The molecule has 116 valence electrons. The van der Waals surface area contributed by atoms with Crippen LogP contribution in [0.2, 0.25) is 0 Å². The van der Waals surface area contributed by atoms with Crippen molar-refractivity contribution in [3.63, 3.8) is 0 Å². The summed E-state index contributed by atoms with van der Waals surface area (Å²) in [6.45, 7) is 2.24. The number of aryl methyl sites for hydroxylation is 1. The second-order valence-corrected chi connectivity index (χ2v) is 7.38. The number of alkyl halides is 1. The first-order chi connectivity index (χ1) is 10.2. The van der Waals surface area contributed by atoms with Gasteiger partial charge in [0.05, 0.1) is 0 Å². The highest BCUT2D eigenvalue weighted by Gasteiger charge is 2.55. The van der Waals surface area contributed by atoms with Crippen molar-refractivity contribution >= 4 is 11.6 Å². The fourth-order valence-electron chi connectivity index (χ4n) is 3.99. The lowest BCUT2D eigenvalue weighted by atomic mass is 9.58. The molecule has 0 aliphatic heterocycles. The van der Waals surface area contributed by atoms with Gasteiger partial charge in [0.25, 0.3) is 0 Å². The molecule has 0 aromatic heterocycles. The summed E-state index contributed by atoms with van der Waals surface area (Å²) in [6, 6.07) is 8.72. The molecule has 2 heteroatoms. The molecule has 1 aromatic rings. The minimum Gasteiger partial charge on any atom is -0.490 e. The Morgan fingerprint density at radius 1 is 1.14 bits per heavy atom. The van der Waals surface area contributed by atoms with Crippen LogP contribution in [-0.4, -0.2) is 11.5 Å². The zero-order chi connectivity index (χ0) is 14.7. The summed E-state index contributed by atoms with van der Waals surface area (Å²) in [4.78, 5) is 0. The van der Waals surface area contributed by atoms with E-state index in [0.29, 0.717) is 11.5 Å². The van der Waals surface area contributed by atoms with E-state index >= 15 is 0 Å². The predicted molar refractivity (Wildman–Crippen MR) is 89.2 cm³/mol. The molecule has 0 bridgehead atoms. The van der Waals surface area contributed by atoms with Crippen molar-refractivity contribution in [1.29, 1.82) is 0 Å². The van der Waals surface area contributed by atoms with Crippen LogP contribution < -0.4 is 4.74 Å². The van der Waals surface area contributed by atoms with Crippen LogP contribution in [0.4, 0.5) is 0 Å². The van der Waals surface area contributed by atoms with E-state index in [4.69, 9.17) is 16.3 Å². The summed E-state index contributed by atoms with van der Waals surface area (Å²) in [5.74, 6) is 1.02. The van der Waals surface area contributed by atoms with Gasteiger partial charge in [-0.3, -0.25) is 0 Å². The van der Waals surface area contributed by atoms with Crippen molar-refractivity contribution in [3.05, 3.63) is 29.8 Å². The van der Waals surface area contributed by atoms with E-state index in [1.807, 2.05) is 0 Å². The molecule has 2 aliphatic rings. The Labute approximate surface area is 134 Å². The summed E-state index contributed by atoms with van der Waals surface area (Å²) in [5, 5.41) is 0.326. The van der Waals surface area contributed by atoms with E-state index < -0.39 is 0 Å². The maximum atomic E-state index is 6.55. The molecule has 3 rings (SSSR count). The van der Waals surface area contributed by atoms with E-state index in [2.05, 4.69) is 31.2 Å². The second kappa shape index (κ2) is 6.60. The van der Waals surface area contributed by atoms with Crippen LogP contribution >= 0.6 is 11.6 Å². The lowest BCUT2D eigenvalue weighted by Crippen LogP contribution is -2.58. The largest absolute Gasteiger partial charge is 0.490 e. The molecule has 2 saturated carbocycles. The molecule has 1 spiro atoms. The van der Waals surface area contributed by atoms with Gasteiger partial charge >= 0.3 is 0 Å². The average Bonchev–Trinajstić information content (AvgIpc) is 2.54. The lowest BCUT2D eigenvalue weighted by Gasteiger charge is -2.55. The van der Waals surface area contributed by atoms with Crippen LogP contribution in [0.15, 0.2) is 24.3 Å². The van der Waals surface area contributed by atoms with E-state index in [1.165, 1.54) is 56.9 Å². The number of hydrogen-bond donors (Lipinski definition) is 0.